The van der Waals surface area contributed by atoms with Gasteiger partial charge in [0, 0.05) is 5.56 Å². The lowest BCUT2D eigenvalue weighted by atomic mass is 10.0. The van der Waals surface area contributed by atoms with Crippen LogP contribution in [0.3, 0.4) is 0 Å². The second-order valence-electron chi connectivity index (χ2n) is 6.21. The molecule has 134 valence electrons. The first-order valence-electron chi connectivity index (χ1n) is 8.24. The van der Waals surface area contributed by atoms with E-state index in [0.29, 0.717) is 30.6 Å². The number of hydrogen-bond acceptors (Lipinski definition) is 6. The highest BCUT2D eigenvalue weighted by Gasteiger charge is 2.32. The Kier molecular flexibility index (Phi) is 5.17. The van der Waals surface area contributed by atoms with Gasteiger partial charge < -0.3 is 24.3 Å². The van der Waals surface area contributed by atoms with Crippen LogP contribution in [0.1, 0.15) is 24.8 Å². The quantitative estimate of drug-likeness (QED) is 0.856. The second-order valence-corrected chi connectivity index (χ2v) is 6.21. The predicted octanol–water partition coefficient (Wildman–Crippen LogP) is 1.74. The minimum absolute atomic E-state index is 0.0311. The summed E-state index contributed by atoms with van der Waals surface area (Å²) in [7, 11) is 0. The highest BCUT2D eigenvalue weighted by Crippen LogP contribution is 2.28. The van der Waals surface area contributed by atoms with Crippen molar-refractivity contribution in [2.75, 3.05) is 19.8 Å². The van der Waals surface area contributed by atoms with E-state index in [2.05, 4.69) is 10.3 Å². The van der Waals surface area contributed by atoms with Crippen molar-refractivity contribution in [3.8, 4) is 11.5 Å². The van der Waals surface area contributed by atoms with E-state index >= 15 is 0 Å². The van der Waals surface area contributed by atoms with Crippen LogP contribution in [0.25, 0.3) is 11.5 Å². The summed E-state index contributed by atoms with van der Waals surface area (Å²) in [6, 6.07) is 9.43. The average molecular weight is 346 g/mol. The van der Waals surface area contributed by atoms with E-state index in [9.17, 15) is 9.90 Å². The zero-order chi connectivity index (χ0) is 17.9. The SMILES string of the molecule is Cc1oc(-c2ccccc2)nc1C(C)(O)CNC(=O)C1OCCCO1. The number of aryl methyl sites for hydroxylation is 1. The molecule has 1 fully saturated rings. The summed E-state index contributed by atoms with van der Waals surface area (Å²) in [6.45, 7) is 4.25. The van der Waals surface area contributed by atoms with Crippen LogP contribution >= 0.6 is 0 Å². The Morgan fingerprint density at radius 3 is 2.68 bits per heavy atom. The fourth-order valence-corrected chi connectivity index (χ4v) is 2.67. The minimum Gasteiger partial charge on any atom is -0.441 e. The largest absolute Gasteiger partial charge is 0.441 e. The number of amides is 1. The summed E-state index contributed by atoms with van der Waals surface area (Å²) in [5.74, 6) is 0.520. The first-order chi connectivity index (χ1) is 12.0. The van der Waals surface area contributed by atoms with Gasteiger partial charge in [0.25, 0.3) is 5.91 Å². The summed E-state index contributed by atoms with van der Waals surface area (Å²) in [6.07, 6.45) is -0.162. The van der Waals surface area contributed by atoms with E-state index in [1.54, 1.807) is 13.8 Å². The van der Waals surface area contributed by atoms with Crippen LogP contribution in [-0.2, 0) is 19.9 Å². The number of oxazole rings is 1. The molecule has 0 aliphatic carbocycles. The van der Waals surface area contributed by atoms with Crippen molar-refractivity contribution < 1.29 is 23.8 Å². The zero-order valence-electron chi connectivity index (χ0n) is 14.3. The van der Waals surface area contributed by atoms with Crippen molar-refractivity contribution in [2.45, 2.75) is 32.2 Å². The van der Waals surface area contributed by atoms with Gasteiger partial charge in [-0.2, -0.15) is 0 Å². The number of benzene rings is 1. The number of ether oxygens (including phenoxy) is 2. The maximum absolute atomic E-state index is 12.1. The maximum Gasteiger partial charge on any atom is 0.277 e. The summed E-state index contributed by atoms with van der Waals surface area (Å²) in [4.78, 5) is 16.5. The van der Waals surface area contributed by atoms with Gasteiger partial charge in [-0.15, -0.1) is 0 Å². The van der Waals surface area contributed by atoms with Crippen LogP contribution in [0.15, 0.2) is 34.7 Å². The normalized spacial score (nSPS) is 17.9. The number of aliphatic hydroxyl groups is 1. The molecule has 2 heterocycles. The van der Waals surface area contributed by atoms with E-state index < -0.39 is 17.8 Å². The average Bonchev–Trinajstić information content (AvgIpc) is 3.04. The summed E-state index contributed by atoms with van der Waals surface area (Å²) >= 11 is 0. The third-order valence-corrected chi connectivity index (χ3v) is 3.98. The fraction of sp³-hybridized carbons (Fsp3) is 0.444. The molecule has 1 aromatic carbocycles. The van der Waals surface area contributed by atoms with Crippen molar-refractivity contribution >= 4 is 5.91 Å². The molecule has 0 saturated carbocycles. The van der Waals surface area contributed by atoms with Crippen LogP contribution < -0.4 is 5.32 Å². The summed E-state index contributed by atoms with van der Waals surface area (Å²) < 4.78 is 16.2. The van der Waals surface area contributed by atoms with Crippen LogP contribution in [0.5, 0.6) is 0 Å². The molecule has 3 rings (SSSR count). The molecule has 0 radical (unpaired) electrons. The van der Waals surface area contributed by atoms with E-state index in [4.69, 9.17) is 13.9 Å². The highest BCUT2D eigenvalue weighted by molar-refractivity contribution is 5.79. The Labute approximate surface area is 146 Å². The monoisotopic (exact) mass is 346 g/mol. The lowest BCUT2D eigenvalue weighted by Crippen LogP contribution is -2.46. The Bertz CT molecular complexity index is 720. The van der Waals surface area contributed by atoms with Gasteiger partial charge in [-0.1, -0.05) is 18.2 Å². The molecular formula is C18H22N2O5. The van der Waals surface area contributed by atoms with Gasteiger partial charge in [0.2, 0.25) is 12.2 Å². The Hall–Kier alpha value is -2.22. The van der Waals surface area contributed by atoms with Gasteiger partial charge in [0.1, 0.15) is 17.1 Å². The third kappa shape index (κ3) is 4.07. The maximum atomic E-state index is 12.1. The molecule has 7 heteroatoms. The van der Waals surface area contributed by atoms with Crippen LogP contribution in [-0.4, -0.2) is 42.0 Å². The molecule has 1 atom stereocenters. The van der Waals surface area contributed by atoms with Crippen molar-refractivity contribution in [1.29, 1.82) is 0 Å². The molecule has 1 aliphatic rings. The van der Waals surface area contributed by atoms with Crippen molar-refractivity contribution in [3.05, 3.63) is 41.8 Å². The lowest BCUT2D eigenvalue weighted by Gasteiger charge is -2.25. The number of carbonyl (C=O) groups excluding carboxylic acids is 1. The van der Waals surface area contributed by atoms with Crippen LogP contribution in [0.2, 0.25) is 0 Å². The molecule has 1 aromatic heterocycles. The van der Waals surface area contributed by atoms with E-state index in [-0.39, 0.29) is 6.54 Å². The molecule has 1 amide bonds. The van der Waals surface area contributed by atoms with Gasteiger partial charge in [-0.3, -0.25) is 4.79 Å². The number of aromatic nitrogens is 1. The zero-order valence-corrected chi connectivity index (χ0v) is 14.3. The molecule has 7 nitrogen and oxygen atoms in total. The second kappa shape index (κ2) is 7.35. The van der Waals surface area contributed by atoms with Crippen molar-refractivity contribution in [1.82, 2.24) is 10.3 Å². The van der Waals surface area contributed by atoms with E-state index in [1.165, 1.54) is 0 Å². The van der Waals surface area contributed by atoms with Crippen molar-refractivity contribution in [2.24, 2.45) is 0 Å². The van der Waals surface area contributed by atoms with E-state index in [1.807, 2.05) is 30.3 Å². The Balaban J connectivity index is 1.69. The lowest BCUT2D eigenvalue weighted by molar-refractivity contribution is -0.191. The minimum atomic E-state index is -1.38. The highest BCUT2D eigenvalue weighted by atomic mass is 16.7. The van der Waals surface area contributed by atoms with Crippen LogP contribution in [0.4, 0.5) is 0 Å². The molecule has 1 aliphatic heterocycles. The Morgan fingerprint density at radius 2 is 2.00 bits per heavy atom. The van der Waals surface area contributed by atoms with Crippen LogP contribution in [0, 0.1) is 6.92 Å². The number of nitrogens with zero attached hydrogens (tertiary/aromatic N) is 1. The summed E-state index contributed by atoms with van der Waals surface area (Å²) in [5, 5.41) is 13.4. The fourth-order valence-electron chi connectivity index (χ4n) is 2.67. The van der Waals surface area contributed by atoms with Crippen molar-refractivity contribution in [3.63, 3.8) is 0 Å². The molecular weight excluding hydrogens is 324 g/mol. The number of rotatable bonds is 5. The summed E-state index contributed by atoms with van der Waals surface area (Å²) in [5.41, 5.74) is -0.178. The Morgan fingerprint density at radius 1 is 1.32 bits per heavy atom. The topological polar surface area (TPSA) is 93.8 Å². The molecule has 0 bridgehead atoms. The van der Waals surface area contributed by atoms with Gasteiger partial charge in [-0.25, -0.2) is 4.98 Å². The molecule has 25 heavy (non-hydrogen) atoms. The first-order valence-corrected chi connectivity index (χ1v) is 8.24. The smallest absolute Gasteiger partial charge is 0.277 e. The van der Waals surface area contributed by atoms with Gasteiger partial charge >= 0.3 is 0 Å². The number of carbonyl (C=O) groups is 1. The molecule has 0 spiro atoms. The first kappa shape index (κ1) is 17.6. The predicted molar refractivity (Wildman–Crippen MR) is 89.6 cm³/mol. The van der Waals surface area contributed by atoms with Gasteiger partial charge in [0.15, 0.2) is 0 Å². The van der Waals surface area contributed by atoms with E-state index in [0.717, 1.165) is 12.0 Å². The third-order valence-electron chi connectivity index (χ3n) is 3.98. The molecule has 2 aromatic rings. The standard InChI is InChI=1S/C18H22N2O5/c1-12-14(20-16(25-12)13-7-4-3-5-8-13)18(2,22)11-19-15(21)17-23-9-6-10-24-17/h3-5,7-8,17,22H,6,9-11H2,1-2H3,(H,19,21). The molecule has 1 unspecified atom stereocenters. The van der Waals surface area contributed by atoms with Gasteiger partial charge in [0.05, 0.1) is 19.8 Å². The molecule has 2 N–H and O–H groups in total. The number of nitrogens with one attached hydrogen (secondary N) is 1. The number of hydrogen-bond donors (Lipinski definition) is 2. The van der Waals surface area contributed by atoms with Gasteiger partial charge in [-0.05, 0) is 32.4 Å². The molecule has 1 saturated heterocycles.